The van der Waals surface area contributed by atoms with E-state index in [9.17, 15) is 0 Å². The van der Waals surface area contributed by atoms with Crippen LogP contribution in [0.5, 0.6) is 0 Å². The third kappa shape index (κ3) is 6.35. The van der Waals surface area contributed by atoms with Crippen LogP contribution >= 0.6 is 11.3 Å². The smallest absolute Gasteiger partial charge is 0.164 e. The van der Waals surface area contributed by atoms with E-state index in [-0.39, 0.29) is 0 Å². The van der Waals surface area contributed by atoms with Gasteiger partial charge in [-0.2, -0.15) is 0 Å². The highest BCUT2D eigenvalue weighted by Crippen LogP contribution is 2.39. The lowest BCUT2D eigenvalue weighted by atomic mass is 9.98. The summed E-state index contributed by atoms with van der Waals surface area (Å²) < 4.78 is 4.99. The van der Waals surface area contributed by atoms with Crippen LogP contribution < -0.4 is 0 Å². The zero-order chi connectivity index (χ0) is 41.0. The number of hydrogen-bond donors (Lipinski definition) is 0. The number of para-hydroxylation sites is 1. The van der Waals surface area contributed by atoms with Crippen molar-refractivity contribution in [2.45, 2.75) is 0 Å². The SMILES string of the molecule is c1ccc(-c2cccc(-c3cccc(-c4nc(-c5ccccc5)nc(-c5ccc6c7ccccc7n(-c7cccc(-c8ccc9c(c8)sc8ccccc89)c7)c6c5)n4)c3)c2)cc1. The minimum absolute atomic E-state index is 0.620. The first-order valence-electron chi connectivity index (χ1n) is 20.8. The molecule has 3 heterocycles. The highest BCUT2D eigenvalue weighted by molar-refractivity contribution is 7.25. The molecule has 0 aliphatic carbocycles. The first-order valence-corrected chi connectivity index (χ1v) is 21.7. The summed E-state index contributed by atoms with van der Waals surface area (Å²) in [5.41, 5.74) is 13.1. The summed E-state index contributed by atoms with van der Waals surface area (Å²) in [5, 5.41) is 4.98. The molecule has 0 unspecified atom stereocenters. The van der Waals surface area contributed by atoms with Gasteiger partial charge in [-0.1, -0.05) is 170 Å². The first-order chi connectivity index (χ1) is 30.7. The molecule has 0 saturated carbocycles. The maximum absolute atomic E-state index is 5.23. The number of rotatable bonds is 7. The van der Waals surface area contributed by atoms with E-state index in [0.717, 1.165) is 44.5 Å². The predicted molar refractivity (Wildman–Crippen MR) is 260 cm³/mol. The van der Waals surface area contributed by atoms with Crippen molar-refractivity contribution in [3.8, 4) is 73.2 Å². The van der Waals surface area contributed by atoms with E-state index in [2.05, 4.69) is 205 Å². The van der Waals surface area contributed by atoms with E-state index in [1.54, 1.807) is 0 Å². The molecule has 62 heavy (non-hydrogen) atoms. The average Bonchev–Trinajstić information content (AvgIpc) is 3.89. The molecule has 5 heteroatoms. The van der Waals surface area contributed by atoms with Crippen LogP contribution in [0.4, 0.5) is 0 Å². The van der Waals surface area contributed by atoms with Crippen LogP contribution in [0.2, 0.25) is 0 Å². The van der Waals surface area contributed by atoms with Crippen LogP contribution in [0.15, 0.2) is 218 Å². The molecular weight excluding hydrogens is 773 g/mol. The normalized spacial score (nSPS) is 11.5. The monoisotopic (exact) mass is 808 g/mol. The standard InChI is InChI=1S/C57H36N4S/c1-3-14-37(15-4-1)39-18-11-19-40(32-39)41-20-12-22-44(33-41)56-58-55(38-16-5-2-6-17-38)59-57(60-56)45-29-30-48-47-24-7-9-26-51(47)61(52(48)35-45)46-23-13-21-42(34-46)43-28-31-50-49-25-8-10-27-53(49)62-54(50)36-43/h1-36H. The molecule has 0 N–H and O–H groups in total. The molecule has 0 atom stereocenters. The molecule has 12 rings (SSSR count). The van der Waals surface area contributed by atoms with Gasteiger partial charge in [0.15, 0.2) is 17.5 Å². The Morgan fingerprint density at radius 2 is 0.742 bits per heavy atom. The van der Waals surface area contributed by atoms with Crippen LogP contribution in [0.3, 0.4) is 0 Å². The summed E-state index contributed by atoms with van der Waals surface area (Å²) in [6, 6.07) is 77.6. The Balaban J connectivity index is 0.985. The van der Waals surface area contributed by atoms with E-state index in [1.165, 1.54) is 53.2 Å². The maximum Gasteiger partial charge on any atom is 0.164 e. The molecule has 290 valence electrons. The number of nitrogens with zero attached hydrogens (tertiary/aromatic N) is 4. The summed E-state index contributed by atoms with van der Waals surface area (Å²) in [6.45, 7) is 0. The average molecular weight is 809 g/mol. The minimum Gasteiger partial charge on any atom is -0.309 e. The molecule has 0 aliphatic heterocycles. The highest BCUT2D eigenvalue weighted by atomic mass is 32.1. The lowest BCUT2D eigenvalue weighted by Crippen LogP contribution is -2.00. The van der Waals surface area contributed by atoms with Crippen molar-refractivity contribution < 1.29 is 0 Å². The molecule has 0 radical (unpaired) electrons. The third-order valence-electron chi connectivity index (χ3n) is 11.8. The van der Waals surface area contributed by atoms with Crippen molar-refractivity contribution in [1.29, 1.82) is 0 Å². The van der Waals surface area contributed by atoms with Gasteiger partial charge in [0.2, 0.25) is 0 Å². The van der Waals surface area contributed by atoms with Crippen molar-refractivity contribution in [1.82, 2.24) is 19.5 Å². The van der Waals surface area contributed by atoms with Crippen LogP contribution in [0.25, 0.3) is 115 Å². The molecule has 0 aliphatic rings. The Labute approximate surface area is 362 Å². The van der Waals surface area contributed by atoms with Gasteiger partial charge in [0.1, 0.15) is 0 Å². The summed E-state index contributed by atoms with van der Waals surface area (Å²) in [5.74, 6) is 1.87. The van der Waals surface area contributed by atoms with E-state index in [1.807, 2.05) is 29.5 Å². The van der Waals surface area contributed by atoms with Crippen molar-refractivity contribution >= 4 is 53.3 Å². The van der Waals surface area contributed by atoms with Gasteiger partial charge in [0.25, 0.3) is 0 Å². The predicted octanol–water partition coefficient (Wildman–Crippen LogP) is 15.3. The fourth-order valence-corrected chi connectivity index (χ4v) is 9.96. The van der Waals surface area contributed by atoms with Crippen LogP contribution in [-0.2, 0) is 0 Å². The third-order valence-corrected chi connectivity index (χ3v) is 13.0. The van der Waals surface area contributed by atoms with Crippen LogP contribution in [0.1, 0.15) is 0 Å². The lowest BCUT2D eigenvalue weighted by molar-refractivity contribution is 1.07. The van der Waals surface area contributed by atoms with Gasteiger partial charge in [-0.25, -0.2) is 15.0 Å². The van der Waals surface area contributed by atoms with Crippen LogP contribution in [0, 0.1) is 0 Å². The molecule has 0 fully saturated rings. The maximum atomic E-state index is 5.23. The molecule has 3 aromatic heterocycles. The van der Waals surface area contributed by atoms with E-state index in [4.69, 9.17) is 15.0 Å². The molecule has 9 aromatic carbocycles. The second kappa shape index (κ2) is 14.9. The van der Waals surface area contributed by atoms with E-state index >= 15 is 0 Å². The second-order valence-electron chi connectivity index (χ2n) is 15.6. The van der Waals surface area contributed by atoms with Crippen molar-refractivity contribution in [3.05, 3.63) is 218 Å². The summed E-state index contributed by atoms with van der Waals surface area (Å²) >= 11 is 1.85. The van der Waals surface area contributed by atoms with Crippen molar-refractivity contribution in [2.75, 3.05) is 0 Å². The van der Waals surface area contributed by atoms with Gasteiger partial charge in [0.05, 0.1) is 11.0 Å². The van der Waals surface area contributed by atoms with Gasteiger partial charge in [-0.3, -0.25) is 0 Å². The Hall–Kier alpha value is -7.99. The fourth-order valence-electron chi connectivity index (χ4n) is 8.82. The zero-order valence-electron chi connectivity index (χ0n) is 33.5. The van der Waals surface area contributed by atoms with Gasteiger partial charge in [0, 0.05) is 53.3 Å². The van der Waals surface area contributed by atoms with Crippen molar-refractivity contribution in [2.24, 2.45) is 0 Å². The Kier molecular flexibility index (Phi) is 8.65. The summed E-state index contributed by atoms with van der Waals surface area (Å²) in [6.07, 6.45) is 0. The molecular formula is C57H36N4S. The molecule has 0 saturated heterocycles. The Bertz CT molecular complexity index is 3640. The topological polar surface area (TPSA) is 43.6 Å². The van der Waals surface area contributed by atoms with Crippen LogP contribution in [-0.4, -0.2) is 19.5 Å². The molecule has 0 amide bonds. The lowest BCUT2D eigenvalue weighted by Gasteiger charge is -2.12. The molecule has 0 spiro atoms. The zero-order valence-corrected chi connectivity index (χ0v) is 34.3. The number of fused-ring (bicyclic) bond motifs is 6. The summed E-state index contributed by atoms with van der Waals surface area (Å²) in [7, 11) is 0. The van der Waals surface area contributed by atoms with Gasteiger partial charge >= 0.3 is 0 Å². The first kappa shape index (κ1) is 35.9. The number of aromatic nitrogens is 4. The van der Waals surface area contributed by atoms with Crippen molar-refractivity contribution in [3.63, 3.8) is 0 Å². The van der Waals surface area contributed by atoms with E-state index in [0.29, 0.717) is 17.5 Å². The van der Waals surface area contributed by atoms with Gasteiger partial charge in [-0.05, 0) is 81.9 Å². The summed E-state index contributed by atoms with van der Waals surface area (Å²) in [4.78, 5) is 15.5. The molecule has 12 aromatic rings. The molecule has 0 bridgehead atoms. The molecule has 4 nitrogen and oxygen atoms in total. The quantitative estimate of drug-likeness (QED) is 0.161. The minimum atomic E-state index is 0.620. The Morgan fingerprint density at radius 3 is 1.50 bits per heavy atom. The Morgan fingerprint density at radius 1 is 0.274 bits per heavy atom. The fraction of sp³-hybridized carbons (Fsp3) is 0. The largest absolute Gasteiger partial charge is 0.309 e. The number of thiophene rings is 1. The second-order valence-corrected chi connectivity index (χ2v) is 16.7. The van der Waals surface area contributed by atoms with E-state index < -0.39 is 0 Å². The number of hydrogen-bond acceptors (Lipinski definition) is 4. The van der Waals surface area contributed by atoms with Gasteiger partial charge in [-0.15, -0.1) is 11.3 Å². The highest BCUT2D eigenvalue weighted by Gasteiger charge is 2.18. The van der Waals surface area contributed by atoms with Gasteiger partial charge < -0.3 is 4.57 Å². The number of benzene rings is 9.